The summed E-state index contributed by atoms with van der Waals surface area (Å²) < 4.78 is 5.08. The summed E-state index contributed by atoms with van der Waals surface area (Å²) in [4.78, 5) is 10.9. The number of rotatable bonds is 1. The molecule has 0 radical (unpaired) electrons. The van der Waals surface area contributed by atoms with Gasteiger partial charge in [-0.25, -0.2) is 0 Å². The van der Waals surface area contributed by atoms with Crippen molar-refractivity contribution < 1.29 is 9.53 Å². The van der Waals surface area contributed by atoms with Crippen LogP contribution in [0.25, 0.3) is 10.8 Å². The second-order valence-electron chi connectivity index (χ2n) is 3.22. The highest BCUT2D eigenvalue weighted by molar-refractivity contribution is 6.31. The van der Waals surface area contributed by atoms with Gasteiger partial charge in [0.05, 0.1) is 0 Å². The Morgan fingerprint density at radius 2 is 2.00 bits per heavy atom. The summed E-state index contributed by atoms with van der Waals surface area (Å²) in [6, 6.07) is 11.1. The third-order valence-electron chi connectivity index (χ3n) is 2.04. The van der Waals surface area contributed by atoms with Gasteiger partial charge in [0, 0.05) is 23.4 Å². The van der Waals surface area contributed by atoms with E-state index in [-0.39, 0.29) is 5.97 Å². The fourth-order valence-corrected chi connectivity index (χ4v) is 1.70. The van der Waals surface area contributed by atoms with Crippen molar-refractivity contribution in [1.29, 1.82) is 0 Å². The Morgan fingerprint density at radius 3 is 2.73 bits per heavy atom. The van der Waals surface area contributed by atoms with Crippen LogP contribution in [-0.4, -0.2) is 5.97 Å². The molecule has 0 spiro atoms. The molecule has 0 saturated carbocycles. The smallest absolute Gasteiger partial charge is 0.308 e. The fourth-order valence-electron chi connectivity index (χ4n) is 1.48. The molecule has 2 aromatic rings. The molecule has 0 atom stereocenters. The minimum atomic E-state index is -0.345. The molecule has 0 saturated heterocycles. The van der Waals surface area contributed by atoms with Gasteiger partial charge in [0.25, 0.3) is 0 Å². The molecule has 2 aromatic carbocycles. The Bertz CT molecular complexity index is 520. The van der Waals surface area contributed by atoms with Crippen LogP contribution in [0.1, 0.15) is 6.92 Å². The number of carbonyl (C=O) groups excluding carboxylic acids is 1. The molecular formula is C12H9ClO2. The van der Waals surface area contributed by atoms with Gasteiger partial charge in [0.1, 0.15) is 5.75 Å². The summed E-state index contributed by atoms with van der Waals surface area (Å²) in [6.45, 7) is 1.37. The van der Waals surface area contributed by atoms with Crippen LogP contribution >= 0.6 is 11.6 Å². The number of fused-ring (bicyclic) bond motifs is 1. The van der Waals surface area contributed by atoms with Crippen LogP contribution in [0.2, 0.25) is 5.02 Å². The Kier molecular flexibility index (Phi) is 2.60. The van der Waals surface area contributed by atoms with E-state index in [0.717, 1.165) is 10.8 Å². The second kappa shape index (κ2) is 3.91. The van der Waals surface area contributed by atoms with Crippen LogP contribution in [-0.2, 0) is 4.79 Å². The summed E-state index contributed by atoms with van der Waals surface area (Å²) in [5.74, 6) is 0.160. The third kappa shape index (κ3) is 2.10. The van der Waals surface area contributed by atoms with Crippen molar-refractivity contribution in [3.8, 4) is 5.75 Å². The molecule has 2 nitrogen and oxygen atoms in total. The van der Waals surface area contributed by atoms with Gasteiger partial charge in [0.15, 0.2) is 0 Å². The van der Waals surface area contributed by atoms with Crippen LogP contribution in [0.4, 0.5) is 0 Å². The summed E-state index contributed by atoms with van der Waals surface area (Å²) in [7, 11) is 0. The number of halogens is 1. The highest BCUT2D eigenvalue weighted by atomic mass is 35.5. The van der Waals surface area contributed by atoms with Gasteiger partial charge >= 0.3 is 5.97 Å². The van der Waals surface area contributed by atoms with Gasteiger partial charge in [-0.1, -0.05) is 35.9 Å². The molecule has 0 aliphatic carbocycles. The van der Waals surface area contributed by atoms with Crippen molar-refractivity contribution in [1.82, 2.24) is 0 Å². The molecule has 0 fully saturated rings. The largest absolute Gasteiger partial charge is 0.426 e. The molecule has 0 bridgehead atoms. The zero-order valence-corrected chi connectivity index (χ0v) is 8.91. The van der Waals surface area contributed by atoms with Crippen LogP contribution in [0.15, 0.2) is 36.4 Å². The zero-order chi connectivity index (χ0) is 10.8. The molecule has 0 unspecified atom stereocenters. The lowest BCUT2D eigenvalue weighted by Crippen LogP contribution is -2.01. The lowest BCUT2D eigenvalue weighted by molar-refractivity contribution is -0.131. The molecule has 3 heteroatoms. The number of ether oxygens (including phenoxy) is 1. The van der Waals surface area contributed by atoms with Crippen molar-refractivity contribution >= 4 is 28.3 Å². The fraction of sp³-hybridized carbons (Fsp3) is 0.0833. The topological polar surface area (TPSA) is 26.3 Å². The molecular weight excluding hydrogens is 212 g/mol. The summed E-state index contributed by atoms with van der Waals surface area (Å²) in [5.41, 5.74) is 0. The maximum absolute atomic E-state index is 10.9. The van der Waals surface area contributed by atoms with E-state index in [0.29, 0.717) is 10.8 Å². The quantitative estimate of drug-likeness (QED) is 0.544. The molecule has 2 rings (SSSR count). The molecule has 15 heavy (non-hydrogen) atoms. The van der Waals surface area contributed by atoms with Crippen molar-refractivity contribution in [3.63, 3.8) is 0 Å². The molecule has 76 valence electrons. The normalized spacial score (nSPS) is 10.3. The number of benzene rings is 2. The van der Waals surface area contributed by atoms with Gasteiger partial charge in [0.2, 0.25) is 0 Å². The number of esters is 1. The summed E-state index contributed by atoms with van der Waals surface area (Å²) in [5, 5.41) is 2.41. The van der Waals surface area contributed by atoms with Crippen molar-refractivity contribution in [2.24, 2.45) is 0 Å². The molecule has 0 aromatic heterocycles. The average molecular weight is 221 g/mol. The summed E-state index contributed by atoms with van der Waals surface area (Å²) >= 11 is 5.92. The standard InChI is InChI=1S/C12H9ClO2/c1-8(14)15-12-7-10(13)6-9-4-2-3-5-11(9)12/h2-7H,1H3. The first-order valence-electron chi connectivity index (χ1n) is 4.53. The number of carbonyl (C=O) groups is 1. The van der Waals surface area contributed by atoms with Gasteiger partial charge in [-0.2, -0.15) is 0 Å². The zero-order valence-electron chi connectivity index (χ0n) is 8.16. The maximum Gasteiger partial charge on any atom is 0.308 e. The first kappa shape index (κ1) is 9.99. The minimum Gasteiger partial charge on any atom is -0.426 e. The Balaban J connectivity index is 2.65. The van der Waals surface area contributed by atoms with Crippen molar-refractivity contribution in [2.45, 2.75) is 6.92 Å². The van der Waals surface area contributed by atoms with E-state index in [1.807, 2.05) is 30.3 Å². The van der Waals surface area contributed by atoms with E-state index in [1.165, 1.54) is 6.92 Å². The first-order valence-corrected chi connectivity index (χ1v) is 4.91. The van der Waals surface area contributed by atoms with Gasteiger partial charge in [-0.15, -0.1) is 0 Å². The van der Waals surface area contributed by atoms with Crippen LogP contribution < -0.4 is 4.74 Å². The first-order chi connectivity index (χ1) is 7.16. The number of hydrogen-bond donors (Lipinski definition) is 0. The Hall–Kier alpha value is -1.54. The van der Waals surface area contributed by atoms with Crippen molar-refractivity contribution in [3.05, 3.63) is 41.4 Å². The molecule has 0 aliphatic rings. The second-order valence-corrected chi connectivity index (χ2v) is 3.66. The van der Waals surface area contributed by atoms with Crippen LogP contribution in [0.5, 0.6) is 5.75 Å². The van der Waals surface area contributed by atoms with Gasteiger partial charge in [-0.3, -0.25) is 4.79 Å². The lowest BCUT2D eigenvalue weighted by atomic mass is 10.1. The number of hydrogen-bond acceptors (Lipinski definition) is 2. The Morgan fingerprint density at radius 1 is 1.27 bits per heavy atom. The van der Waals surface area contributed by atoms with E-state index < -0.39 is 0 Å². The SMILES string of the molecule is CC(=O)Oc1cc(Cl)cc2ccccc12. The van der Waals surface area contributed by atoms with E-state index >= 15 is 0 Å². The average Bonchev–Trinajstić information content (AvgIpc) is 2.16. The maximum atomic E-state index is 10.9. The van der Waals surface area contributed by atoms with E-state index in [2.05, 4.69) is 0 Å². The Labute approximate surface area is 92.4 Å². The molecule has 0 heterocycles. The predicted molar refractivity (Wildman–Crippen MR) is 60.3 cm³/mol. The molecule has 0 aliphatic heterocycles. The predicted octanol–water partition coefficient (Wildman–Crippen LogP) is 3.42. The lowest BCUT2D eigenvalue weighted by Gasteiger charge is -2.06. The van der Waals surface area contributed by atoms with Crippen molar-refractivity contribution in [2.75, 3.05) is 0 Å². The van der Waals surface area contributed by atoms with E-state index in [9.17, 15) is 4.79 Å². The minimum absolute atomic E-state index is 0.345. The highest BCUT2D eigenvalue weighted by Gasteiger charge is 2.05. The monoisotopic (exact) mass is 220 g/mol. The third-order valence-corrected chi connectivity index (χ3v) is 2.26. The molecule has 0 N–H and O–H groups in total. The van der Waals surface area contributed by atoms with E-state index in [4.69, 9.17) is 16.3 Å². The van der Waals surface area contributed by atoms with Crippen LogP contribution in [0, 0.1) is 0 Å². The van der Waals surface area contributed by atoms with Crippen LogP contribution in [0.3, 0.4) is 0 Å². The summed E-state index contributed by atoms with van der Waals surface area (Å²) in [6.07, 6.45) is 0. The molecule has 0 amide bonds. The highest BCUT2D eigenvalue weighted by Crippen LogP contribution is 2.29. The van der Waals surface area contributed by atoms with Gasteiger partial charge in [-0.05, 0) is 11.5 Å². The van der Waals surface area contributed by atoms with E-state index in [1.54, 1.807) is 6.07 Å². The van der Waals surface area contributed by atoms with Gasteiger partial charge < -0.3 is 4.74 Å².